The fourth-order valence-corrected chi connectivity index (χ4v) is 1.80. The van der Waals surface area contributed by atoms with Gasteiger partial charge in [-0.2, -0.15) is 0 Å². The van der Waals surface area contributed by atoms with E-state index in [-0.39, 0.29) is 17.9 Å². The average Bonchev–Trinajstić information content (AvgIpc) is 2.48. The van der Waals surface area contributed by atoms with E-state index in [2.05, 4.69) is 0 Å². The zero-order valence-electron chi connectivity index (χ0n) is 11.3. The number of nitrogen functional groups attached to an aromatic ring is 1. The smallest absolute Gasteiger partial charge is 0.341 e. The van der Waals surface area contributed by atoms with Gasteiger partial charge in [0.15, 0.2) is 0 Å². The van der Waals surface area contributed by atoms with E-state index >= 15 is 0 Å². The molecular formula is C15H14FNO4. The average molecular weight is 291 g/mol. The first-order valence-electron chi connectivity index (χ1n) is 6.10. The minimum atomic E-state index is -1.34. The van der Waals surface area contributed by atoms with Crippen LogP contribution in [0.15, 0.2) is 36.4 Å². The number of ether oxygens (including phenoxy) is 2. The van der Waals surface area contributed by atoms with E-state index in [1.807, 2.05) is 0 Å². The molecule has 2 aromatic rings. The van der Waals surface area contributed by atoms with Gasteiger partial charge in [0.25, 0.3) is 0 Å². The van der Waals surface area contributed by atoms with Crippen LogP contribution in [0.1, 0.15) is 15.9 Å². The first-order chi connectivity index (χ1) is 10.0. The predicted molar refractivity (Wildman–Crippen MR) is 75.1 cm³/mol. The fourth-order valence-electron chi connectivity index (χ4n) is 1.80. The molecule has 0 aliphatic rings. The van der Waals surface area contributed by atoms with Gasteiger partial charge in [-0.15, -0.1) is 0 Å². The number of carboxylic acids is 1. The molecule has 0 radical (unpaired) electrons. The van der Waals surface area contributed by atoms with Crippen LogP contribution in [0.3, 0.4) is 0 Å². The second kappa shape index (κ2) is 6.13. The number of halogens is 1. The van der Waals surface area contributed by atoms with Crippen LogP contribution in [0.4, 0.5) is 10.1 Å². The SMILES string of the molecule is COc1ccc(COc2ccc(F)c(N)c2C(=O)O)cc1. The van der Waals surface area contributed by atoms with Crippen molar-refractivity contribution in [1.82, 2.24) is 0 Å². The molecule has 0 amide bonds. The number of carboxylic acid groups (broad SMARTS) is 1. The first-order valence-corrected chi connectivity index (χ1v) is 6.10. The van der Waals surface area contributed by atoms with Crippen LogP contribution in [0.25, 0.3) is 0 Å². The molecule has 0 fully saturated rings. The van der Waals surface area contributed by atoms with Crippen molar-refractivity contribution in [3.05, 3.63) is 53.3 Å². The number of anilines is 1. The summed E-state index contributed by atoms with van der Waals surface area (Å²) >= 11 is 0. The van der Waals surface area contributed by atoms with E-state index in [9.17, 15) is 9.18 Å². The number of carbonyl (C=O) groups is 1. The predicted octanol–water partition coefficient (Wildman–Crippen LogP) is 2.69. The third-order valence-corrected chi connectivity index (χ3v) is 2.92. The van der Waals surface area contributed by atoms with E-state index < -0.39 is 17.5 Å². The number of nitrogens with two attached hydrogens (primary N) is 1. The topological polar surface area (TPSA) is 81.8 Å². The van der Waals surface area contributed by atoms with Gasteiger partial charge in [-0.3, -0.25) is 0 Å². The number of hydrogen-bond donors (Lipinski definition) is 2. The molecule has 110 valence electrons. The Labute approximate surface area is 120 Å². The molecule has 0 aromatic heterocycles. The number of aromatic carboxylic acids is 1. The van der Waals surface area contributed by atoms with Crippen molar-refractivity contribution < 1.29 is 23.8 Å². The standard InChI is InChI=1S/C15H14FNO4/c1-20-10-4-2-9(3-5-10)8-21-12-7-6-11(16)14(17)13(12)15(18)19/h2-7H,8,17H2,1H3,(H,18,19). The highest BCUT2D eigenvalue weighted by molar-refractivity contribution is 5.96. The minimum absolute atomic E-state index is 0.0252. The van der Waals surface area contributed by atoms with Crippen LogP contribution in [-0.4, -0.2) is 18.2 Å². The maximum absolute atomic E-state index is 13.3. The summed E-state index contributed by atoms with van der Waals surface area (Å²) in [5, 5.41) is 9.09. The van der Waals surface area contributed by atoms with Gasteiger partial charge >= 0.3 is 5.97 Å². The van der Waals surface area contributed by atoms with E-state index in [0.717, 1.165) is 11.6 Å². The van der Waals surface area contributed by atoms with Crippen molar-refractivity contribution in [2.24, 2.45) is 0 Å². The second-order valence-corrected chi connectivity index (χ2v) is 4.28. The summed E-state index contributed by atoms with van der Waals surface area (Å²) in [5.41, 5.74) is 5.45. The Morgan fingerprint density at radius 3 is 2.48 bits per heavy atom. The highest BCUT2D eigenvalue weighted by Crippen LogP contribution is 2.28. The van der Waals surface area contributed by atoms with Gasteiger partial charge in [0.1, 0.15) is 29.5 Å². The largest absolute Gasteiger partial charge is 0.497 e. The molecule has 0 heterocycles. The number of benzene rings is 2. The van der Waals surface area contributed by atoms with Crippen LogP contribution in [0, 0.1) is 5.82 Å². The van der Waals surface area contributed by atoms with Crippen LogP contribution >= 0.6 is 0 Å². The lowest BCUT2D eigenvalue weighted by atomic mass is 10.1. The molecule has 0 saturated heterocycles. The van der Waals surface area contributed by atoms with E-state index in [1.54, 1.807) is 31.4 Å². The summed E-state index contributed by atoms with van der Waals surface area (Å²) in [6, 6.07) is 9.41. The molecule has 3 N–H and O–H groups in total. The van der Waals surface area contributed by atoms with Gasteiger partial charge in [0.05, 0.1) is 12.8 Å². The number of methoxy groups -OCH3 is 1. The third kappa shape index (κ3) is 3.22. The Kier molecular flexibility index (Phi) is 4.27. The van der Waals surface area contributed by atoms with E-state index in [0.29, 0.717) is 5.75 Å². The first kappa shape index (κ1) is 14.6. The van der Waals surface area contributed by atoms with Crippen LogP contribution in [0.2, 0.25) is 0 Å². The molecule has 2 rings (SSSR count). The highest BCUT2D eigenvalue weighted by atomic mass is 19.1. The zero-order chi connectivity index (χ0) is 15.4. The molecule has 2 aromatic carbocycles. The van der Waals surface area contributed by atoms with Gasteiger partial charge in [-0.25, -0.2) is 9.18 Å². The molecular weight excluding hydrogens is 277 g/mol. The van der Waals surface area contributed by atoms with Gasteiger partial charge in [0, 0.05) is 0 Å². The Morgan fingerprint density at radius 2 is 1.90 bits per heavy atom. The van der Waals surface area contributed by atoms with E-state index in [1.165, 1.54) is 6.07 Å². The molecule has 0 aliphatic carbocycles. The molecule has 0 aliphatic heterocycles. The molecule has 5 nitrogen and oxygen atoms in total. The molecule has 0 unspecified atom stereocenters. The quantitative estimate of drug-likeness (QED) is 0.828. The maximum Gasteiger partial charge on any atom is 0.341 e. The summed E-state index contributed by atoms with van der Waals surface area (Å²) in [6.07, 6.45) is 0. The monoisotopic (exact) mass is 291 g/mol. The lowest BCUT2D eigenvalue weighted by Gasteiger charge is -2.11. The van der Waals surface area contributed by atoms with Gasteiger partial charge < -0.3 is 20.3 Å². The third-order valence-electron chi connectivity index (χ3n) is 2.92. The van der Waals surface area contributed by atoms with Crippen molar-refractivity contribution in [3.8, 4) is 11.5 Å². The Hall–Kier alpha value is -2.76. The van der Waals surface area contributed by atoms with Gasteiger partial charge in [0.2, 0.25) is 0 Å². The van der Waals surface area contributed by atoms with Crippen molar-refractivity contribution in [2.45, 2.75) is 6.61 Å². The molecule has 0 atom stereocenters. The summed E-state index contributed by atoms with van der Waals surface area (Å²) < 4.78 is 23.8. The van der Waals surface area contributed by atoms with Crippen LogP contribution in [0.5, 0.6) is 11.5 Å². The lowest BCUT2D eigenvalue weighted by Crippen LogP contribution is -2.08. The van der Waals surface area contributed by atoms with Crippen LogP contribution < -0.4 is 15.2 Å². The number of hydrogen-bond acceptors (Lipinski definition) is 4. The Balaban J connectivity index is 2.19. The second-order valence-electron chi connectivity index (χ2n) is 4.28. The summed E-state index contributed by atoms with van der Waals surface area (Å²) in [4.78, 5) is 11.1. The fraction of sp³-hybridized carbons (Fsp3) is 0.133. The molecule has 0 saturated carbocycles. The summed E-state index contributed by atoms with van der Waals surface area (Å²) in [7, 11) is 1.56. The molecule has 0 spiro atoms. The Morgan fingerprint density at radius 1 is 1.24 bits per heavy atom. The van der Waals surface area contributed by atoms with Crippen molar-refractivity contribution in [3.63, 3.8) is 0 Å². The molecule has 21 heavy (non-hydrogen) atoms. The summed E-state index contributed by atoms with van der Waals surface area (Å²) in [6.45, 7) is 0.134. The normalized spacial score (nSPS) is 10.2. The van der Waals surface area contributed by atoms with Crippen molar-refractivity contribution >= 4 is 11.7 Å². The zero-order valence-corrected chi connectivity index (χ0v) is 11.3. The van der Waals surface area contributed by atoms with E-state index in [4.69, 9.17) is 20.3 Å². The summed E-state index contributed by atoms with van der Waals surface area (Å²) in [5.74, 6) is -1.39. The maximum atomic E-state index is 13.3. The molecule has 6 heteroatoms. The van der Waals surface area contributed by atoms with Gasteiger partial charge in [-0.1, -0.05) is 12.1 Å². The minimum Gasteiger partial charge on any atom is -0.497 e. The lowest BCUT2D eigenvalue weighted by molar-refractivity contribution is 0.0692. The van der Waals surface area contributed by atoms with Crippen molar-refractivity contribution in [2.75, 3.05) is 12.8 Å². The van der Waals surface area contributed by atoms with Crippen LogP contribution in [-0.2, 0) is 6.61 Å². The van der Waals surface area contributed by atoms with Crippen molar-refractivity contribution in [1.29, 1.82) is 0 Å². The van der Waals surface area contributed by atoms with Gasteiger partial charge in [-0.05, 0) is 29.8 Å². The Bertz CT molecular complexity index is 655. The number of rotatable bonds is 5. The highest BCUT2D eigenvalue weighted by Gasteiger charge is 2.18. The molecule has 0 bridgehead atoms.